The van der Waals surface area contributed by atoms with Crippen LogP contribution in [0.1, 0.15) is 31.1 Å². The van der Waals surface area contributed by atoms with E-state index in [0.29, 0.717) is 28.0 Å². The van der Waals surface area contributed by atoms with Crippen LogP contribution in [0.4, 0.5) is 11.6 Å². The molecule has 0 bridgehead atoms. The highest BCUT2D eigenvalue weighted by molar-refractivity contribution is 6.31. The van der Waals surface area contributed by atoms with E-state index in [2.05, 4.69) is 20.6 Å². The molecule has 1 aromatic heterocycles. The van der Waals surface area contributed by atoms with E-state index < -0.39 is 0 Å². The average molecular weight is 335 g/mol. The molecule has 0 unspecified atom stereocenters. The van der Waals surface area contributed by atoms with Crippen LogP contribution < -0.4 is 15.4 Å². The standard InChI is InChI=1S/C16H19ClN4O2/c1-16(2,3)21-15-18-8-10(9-19-15)14(22)20-12-7-11(17)5-6-13(12)23-4/h5-9H,1-4H3,(H,20,22)(H,18,19,21). The van der Waals surface area contributed by atoms with Crippen molar-refractivity contribution in [2.45, 2.75) is 26.3 Å². The van der Waals surface area contributed by atoms with Crippen molar-refractivity contribution in [1.29, 1.82) is 0 Å². The smallest absolute Gasteiger partial charge is 0.258 e. The predicted molar refractivity (Wildman–Crippen MR) is 91.4 cm³/mol. The molecule has 0 fully saturated rings. The topological polar surface area (TPSA) is 76.1 Å². The van der Waals surface area contributed by atoms with E-state index in [1.165, 1.54) is 19.5 Å². The van der Waals surface area contributed by atoms with Gasteiger partial charge in [-0.05, 0) is 39.0 Å². The fourth-order valence-electron chi connectivity index (χ4n) is 1.82. The van der Waals surface area contributed by atoms with Gasteiger partial charge in [0.05, 0.1) is 18.4 Å². The fourth-order valence-corrected chi connectivity index (χ4v) is 1.99. The van der Waals surface area contributed by atoms with Crippen molar-refractivity contribution in [3.05, 3.63) is 41.2 Å². The first-order chi connectivity index (χ1) is 10.8. The third kappa shape index (κ3) is 4.82. The van der Waals surface area contributed by atoms with Gasteiger partial charge in [-0.25, -0.2) is 9.97 Å². The van der Waals surface area contributed by atoms with Crippen LogP contribution in [0.3, 0.4) is 0 Å². The summed E-state index contributed by atoms with van der Waals surface area (Å²) in [5.41, 5.74) is 0.672. The SMILES string of the molecule is COc1ccc(Cl)cc1NC(=O)c1cnc(NC(C)(C)C)nc1. The molecular weight excluding hydrogens is 316 g/mol. The molecule has 23 heavy (non-hydrogen) atoms. The molecule has 1 aromatic carbocycles. The largest absolute Gasteiger partial charge is 0.495 e. The second kappa shape index (κ2) is 6.83. The first-order valence-corrected chi connectivity index (χ1v) is 7.41. The molecule has 2 aromatic rings. The first-order valence-electron chi connectivity index (χ1n) is 7.03. The van der Waals surface area contributed by atoms with Crippen LogP contribution in [0.2, 0.25) is 5.02 Å². The zero-order valence-electron chi connectivity index (χ0n) is 13.5. The summed E-state index contributed by atoms with van der Waals surface area (Å²) in [6, 6.07) is 4.99. The highest BCUT2D eigenvalue weighted by Gasteiger charge is 2.14. The molecule has 7 heteroatoms. The maximum absolute atomic E-state index is 12.3. The van der Waals surface area contributed by atoms with Gasteiger partial charge in [0.2, 0.25) is 5.95 Å². The van der Waals surface area contributed by atoms with Gasteiger partial charge in [0, 0.05) is 23.0 Å². The summed E-state index contributed by atoms with van der Waals surface area (Å²) >= 11 is 5.95. The lowest BCUT2D eigenvalue weighted by Crippen LogP contribution is -2.27. The van der Waals surface area contributed by atoms with Crippen LogP contribution in [0.15, 0.2) is 30.6 Å². The van der Waals surface area contributed by atoms with Gasteiger partial charge < -0.3 is 15.4 Å². The van der Waals surface area contributed by atoms with Crippen molar-refractivity contribution in [2.75, 3.05) is 17.7 Å². The third-order valence-electron chi connectivity index (χ3n) is 2.81. The monoisotopic (exact) mass is 334 g/mol. The summed E-state index contributed by atoms with van der Waals surface area (Å²) in [6.07, 6.45) is 2.93. The van der Waals surface area contributed by atoms with Gasteiger partial charge in [-0.3, -0.25) is 4.79 Å². The van der Waals surface area contributed by atoms with Gasteiger partial charge in [-0.15, -0.1) is 0 Å². The van der Waals surface area contributed by atoms with Crippen molar-refractivity contribution in [1.82, 2.24) is 9.97 Å². The van der Waals surface area contributed by atoms with E-state index in [1.807, 2.05) is 20.8 Å². The van der Waals surface area contributed by atoms with Crippen molar-refractivity contribution in [2.24, 2.45) is 0 Å². The highest BCUT2D eigenvalue weighted by atomic mass is 35.5. The number of methoxy groups -OCH3 is 1. The van der Waals surface area contributed by atoms with E-state index in [0.717, 1.165) is 0 Å². The minimum Gasteiger partial charge on any atom is -0.495 e. The van der Waals surface area contributed by atoms with E-state index >= 15 is 0 Å². The summed E-state index contributed by atoms with van der Waals surface area (Å²) in [7, 11) is 1.52. The van der Waals surface area contributed by atoms with E-state index in [4.69, 9.17) is 16.3 Å². The van der Waals surface area contributed by atoms with Gasteiger partial charge >= 0.3 is 0 Å². The molecule has 1 heterocycles. The first kappa shape index (κ1) is 17.0. The molecule has 0 aliphatic rings. The zero-order chi connectivity index (χ0) is 17.0. The summed E-state index contributed by atoms with van der Waals surface area (Å²) in [4.78, 5) is 20.6. The molecule has 0 aliphatic heterocycles. The number of rotatable bonds is 4. The molecule has 2 rings (SSSR count). The summed E-state index contributed by atoms with van der Waals surface area (Å²) in [5, 5.41) is 6.37. The number of carbonyl (C=O) groups excluding carboxylic acids is 1. The highest BCUT2D eigenvalue weighted by Crippen LogP contribution is 2.28. The zero-order valence-corrected chi connectivity index (χ0v) is 14.2. The van der Waals surface area contributed by atoms with Crippen molar-refractivity contribution in [3.63, 3.8) is 0 Å². The van der Waals surface area contributed by atoms with Gasteiger partial charge in [-0.1, -0.05) is 11.6 Å². The lowest BCUT2D eigenvalue weighted by atomic mass is 10.1. The molecule has 0 aliphatic carbocycles. The molecule has 0 saturated carbocycles. The maximum Gasteiger partial charge on any atom is 0.258 e. The lowest BCUT2D eigenvalue weighted by molar-refractivity contribution is 0.102. The van der Waals surface area contributed by atoms with E-state index in [-0.39, 0.29) is 11.4 Å². The van der Waals surface area contributed by atoms with Crippen LogP contribution in [0, 0.1) is 0 Å². The van der Waals surface area contributed by atoms with E-state index in [1.54, 1.807) is 18.2 Å². The number of hydrogen-bond donors (Lipinski definition) is 2. The second-order valence-electron chi connectivity index (χ2n) is 5.97. The maximum atomic E-state index is 12.3. The van der Waals surface area contributed by atoms with Crippen LogP contribution in [-0.4, -0.2) is 28.5 Å². The van der Waals surface area contributed by atoms with Crippen LogP contribution >= 0.6 is 11.6 Å². The summed E-state index contributed by atoms with van der Waals surface area (Å²) in [6.45, 7) is 6.01. The third-order valence-corrected chi connectivity index (χ3v) is 3.05. The Hall–Kier alpha value is -2.34. The van der Waals surface area contributed by atoms with E-state index in [9.17, 15) is 4.79 Å². The Labute approximate surface area is 140 Å². The van der Waals surface area contributed by atoms with Crippen LogP contribution in [0.5, 0.6) is 5.75 Å². The fraction of sp³-hybridized carbons (Fsp3) is 0.312. The molecule has 0 spiro atoms. The Bertz CT molecular complexity index is 696. The number of ether oxygens (including phenoxy) is 1. The molecule has 122 valence electrons. The minimum atomic E-state index is -0.340. The van der Waals surface area contributed by atoms with Crippen LogP contribution in [-0.2, 0) is 0 Å². The Morgan fingerprint density at radius 2 is 1.87 bits per heavy atom. The average Bonchev–Trinajstić information content (AvgIpc) is 2.46. The molecular formula is C16H19ClN4O2. The molecule has 0 radical (unpaired) electrons. The number of nitrogens with zero attached hydrogens (tertiary/aromatic N) is 2. The quantitative estimate of drug-likeness (QED) is 0.893. The second-order valence-corrected chi connectivity index (χ2v) is 6.41. The van der Waals surface area contributed by atoms with Crippen molar-refractivity contribution < 1.29 is 9.53 Å². The number of nitrogens with one attached hydrogen (secondary N) is 2. The molecule has 6 nitrogen and oxygen atoms in total. The predicted octanol–water partition coefficient (Wildman–Crippen LogP) is 3.60. The van der Waals surface area contributed by atoms with Gasteiger partial charge in [0.15, 0.2) is 0 Å². The molecule has 0 atom stereocenters. The van der Waals surface area contributed by atoms with Gasteiger partial charge in [0.1, 0.15) is 5.75 Å². The summed E-state index contributed by atoms with van der Waals surface area (Å²) in [5.74, 6) is 0.650. The Morgan fingerprint density at radius 3 is 2.43 bits per heavy atom. The van der Waals surface area contributed by atoms with Crippen LogP contribution in [0.25, 0.3) is 0 Å². The van der Waals surface area contributed by atoms with Crippen molar-refractivity contribution >= 4 is 29.1 Å². The number of anilines is 2. The van der Waals surface area contributed by atoms with Gasteiger partial charge in [0.25, 0.3) is 5.91 Å². The number of halogens is 1. The minimum absolute atomic E-state index is 0.155. The number of benzene rings is 1. The normalized spacial score (nSPS) is 11.0. The number of hydrogen-bond acceptors (Lipinski definition) is 5. The Morgan fingerprint density at radius 1 is 1.22 bits per heavy atom. The lowest BCUT2D eigenvalue weighted by Gasteiger charge is -2.20. The molecule has 0 saturated heterocycles. The Kier molecular flexibility index (Phi) is 5.05. The van der Waals surface area contributed by atoms with Crippen molar-refractivity contribution in [3.8, 4) is 5.75 Å². The molecule has 2 N–H and O–H groups in total. The van der Waals surface area contributed by atoms with Gasteiger partial charge in [-0.2, -0.15) is 0 Å². The number of aromatic nitrogens is 2. The number of carbonyl (C=O) groups is 1. The summed E-state index contributed by atoms with van der Waals surface area (Å²) < 4.78 is 5.20. The molecule has 1 amide bonds. The number of amides is 1. The Balaban J connectivity index is 2.14.